The molecule has 1 rings (SSSR count). The van der Waals surface area contributed by atoms with Crippen molar-refractivity contribution in [3.05, 3.63) is 29.3 Å². The third kappa shape index (κ3) is 6.85. The van der Waals surface area contributed by atoms with Gasteiger partial charge < -0.3 is 10.0 Å². The fourth-order valence-electron chi connectivity index (χ4n) is 2.50. The first-order valence-corrected chi connectivity index (χ1v) is 8.16. The number of unbranched alkanes of at least 4 members (excludes halogenated alkanes) is 4. The molecule has 0 aliphatic carbocycles. The maximum Gasteiger partial charge on any atom is 0.323 e. The van der Waals surface area contributed by atoms with Crippen molar-refractivity contribution in [2.45, 2.75) is 58.4 Å². The van der Waals surface area contributed by atoms with Gasteiger partial charge in [0.1, 0.15) is 6.54 Å². The zero-order chi connectivity index (χ0) is 15.7. The van der Waals surface area contributed by atoms with E-state index in [4.69, 9.17) is 16.7 Å². The van der Waals surface area contributed by atoms with E-state index in [0.717, 1.165) is 18.5 Å². The lowest BCUT2D eigenvalue weighted by Gasteiger charge is -2.30. The van der Waals surface area contributed by atoms with Crippen LogP contribution in [-0.4, -0.2) is 23.7 Å². The molecule has 0 aliphatic rings. The van der Waals surface area contributed by atoms with Crippen molar-refractivity contribution in [1.29, 1.82) is 0 Å². The lowest BCUT2D eigenvalue weighted by atomic mass is 10.1. The predicted octanol–water partition coefficient (Wildman–Crippen LogP) is 4.98. The Labute approximate surface area is 132 Å². The molecule has 0 fully saturated rings. The second-order valence-electron chi connectivity index (χ2n) is 5.55. The molecular weight excluding hydrogens is 286 g/mol. The molecule has 0 bridgehead atoms. The molecule has 4 heteroatoms. The van der Waals surface area contributed by atoms with Gasteiger partial charge in [-0.05, 0) is 31.5 Å². The van der Waals surface area contributed by atoms with E-state index < -0.39 is 5.97 Å². The van der Waals surface area contributed by atoms with Gasteiger partial charge in [0, 0.05) is 16.8 Å². The average molecular weight is 312 g/mol. The highest BCUT2D eigenvalue weighted by molar-refractivity contribution is 6.30. The molecule has 1 aromatic carbocycles. The Hall–Kier alpha value is -1.22. The maximum absolute atomic E-state index is 11.1. The highest BCUT2D eigenvalue weighted by Crippen LogP contribution is 2.23. The van der Waals surface area contributed by atoms with Gasteiger partial charge in [-0.15, -0.1) is 0 Å². The molecular formula is C17H26ClNO2. The number of aliphatic carboxylic acids is 1. The van der Waals surface area contributed by atoms with Crippen LogP contribution >= 0.6 is 11.6 Å². The first-order valence-electron chi connectivity index (χ1n) is 7.78. The molecule has 1 unspecified atom stereocenters. The minimum atomic E-state index is -0.812. The minimum Gasteiger partial charge on any atom is -0.480 e. The van der Waals surface area contributed by atoms with Crippen molar-refractivity contribution in [2.75, 3.05) is 11.4 Å². The van der Waals surface area contributed by atoms with Crippen LogP contribution in [0.5, 0.6) is 0 Å². The van der Waals surface area contributed by atoms with Gasteiger partial charge in [-0.25, -0.2) is 0 Å². The van der Waals surface area contributed by atoms with E-state index in [9.17, 15) is 4.79 Å². The number of halogens is 1. The van der Waals surface area contributed by atoms with Crippen LogP contribution in [0.4, 0.5) is 5.69 Å². The summed E-state index contributed by atoms with van der Waals surface area (Å²) < 4.78 is 0. The molecule has 0 saturated heterocycles. The van der Waals surface area contributed by atoms with Crippen LogP contribution in [-0.2, 0) is 4.79 Å². The molecule has 118 valence electrons. The number of carbonyl (C=O) groups is 1. The summed E-state index contributed by atoms with van der Waals surface area (Å²) in [5.74, 6) is -0.812. The van der Waals surface area contributed by atoms with E-state index in [2.05, 4.69) is 13.8 Å². The molecule has 3 nitrogen and oxygen atoms in total. The van der Waals surface area contributed by atoms with E-state index in [-0.39, 0.29) is 12.6 Å². The van der Waals surface area contributed by atoms with E-state index in [1.807, 2.05) is 23.1 Å². The number of carboxylic acids is 1. The number of anilines is 1. The van der Waals surface area contributed by atoms with Crippen LogP contribution in [0.2, 0.25) is 5.02 Å². The zero-order valence-electron chi connectivity index (χ0n) is 13.0. The topological polar surface area (TPSA) is 40.5 Å². The Kier molecular flexibility index (Phi) is 8.21. The monoisotopic (exact) mass is 311 g/mol. The molecule has 1 atom stereocenters. The number of rotatable bonds is 10. The maximum atomic E-state index is 11.1. The van der Waals surface area contributed by atoms with Crippen molar-refractivity contribution in [1.82, 2.24) is 0 Å². The second-order valence-corrected chi connectivity index (χ2v) is 5.99. The number of carboxylic acid groups (broad SMARTS) is 1. The molecule has 0 aromatic heterocycles. The lowest BCUT2D eigenvalue weighted by molar-refractivity contribution is -0.135. The van der Waals surface area contributed by atoms with Gasteiger partial charge in [-0.1, -0.05) is 56.7 Å². The Balaban J connectivity index is 2.62. The Morgan fingerprint density at radius 1 is 1.29 bits per heavy atom. The first-order chi connectivity index (χ1) is 10.0. The number of hydrogen-bond acceptors (Lipinski definition) is 2. The molecule has 0 heterocycles. The molecule has 0 aliphatic heterocycles. The fourth-order valence-corrected chi connectivity index (χ4v) is 2.69. The summed E-state index contributed by atoms with van der Waals surface area (Å²) in [7, 11) is 0. The van der Waals surface area contributed by atoms with E-state index in [0.29, 0.717) is 5.02 Å². The Morgan fingerprint density at radius 3 is 2.62 bits per heavy atom. The van der Waals surface area contributed by atoms with Gasteiger partial charge in [0.25, 0.3) is 0 Å². The third-order valence-electron chi connectivity index (χ3n) is 3.70. The van der Waals surface area contributed by atoms with Gasteiger partial charge in [0.05, 0.1) is 0 Å². The van der Waals surface area contributed by atoms with Crippen LogP contribution in [0.1, 0.15) is 52.4 Å². The molecule has 0 spiro atoms. The SMILES string of the molecule is CCCCCCCC(C)N(CC(=O)O)c1cccc(Cl)c1. The Morgan fingerprint density at radius 2 is 2.00 bits per heavy atom. The highest BCUT2D eigenvalue weighted by atomic mass is 35.5. The predicted molar refractivity (Wildman–Crippen MR) is 89.3 cm³/mol. The van der Waals surface area contributed by atoms with Gasteiger partial charge in [0.15, 0.2) is 0 Å². The van der Waals surface area contributed by atoms with Crippen LogP contribution in [0.3, 0.4) is 0 Å². The number of benzene rings is 1. The molecule has 1 aromatic rings. The van der Waals surface area contributed by atoms with Crippen LogP contribution < -0.4 is 4.90 Å². The quantitative estimate of drug-likeness (QED) is 0.619. The lowest BCUT2D eigenvalue weighted by Crippen LogP contribution is -2.37. The first kappa shape index (κ1) is 17.8. The number of hydrogen-bond donors (Lipinski definition) is 1. The van der Waals surface area contributed by atoms with Crippen molar-refractivity contribution in [3.63, 3.8) is 0 Å². The van der Waals surface area contributed by atoms with Gasteiger partial charge in [0.2, 0.25) is 0 Å². The summed E-state index contributed by atoms with van der Waals surface area (Å²) in [6.07, 6.45) is 7.14. The normalized spacial score (nSPS) is 12.1. The van der Waals surface area contributed by atoms with Crippen LogP contribution in [0.25, 0.3) is 0 Å². The van der Waals surface area contributed by atoms with Crippen molar-refractivity contribution in [3.8, 4) is 0 Å². The van der Waals surface area contributed by atoms with Crippen molar-refractivity contribution < 1.29 is 9.90 Å². The highest BCUT2D eigenvalue weighted by Gasteiger charge is 2.17. The number of nitrogens with zero attached hydrogens (tertiary/aromatic N) is 1. The standard InChI is InChI=1S/C17H26ClNO2/c1-3-4-5-6-7-9-14(2)19(13-17(20)21)16-11-8-10-15(18)12-16/h8,10-12,14H,3-7,9,13H2,1-2H3,(H,20,21). The van der Waals surface area contributed by atoms with E-state index in [1.54, 1.807) is 6.07 Å². The largest absolute Gasteiger partial charge is 0.480 e. The summed E-state index contributed by atoms with van der Waals surface area (Å²) in [5.41, 5.74) is 0.881. The summed E-state index contributed by atoms with van der Waals surface area (Å²) in [5, 5.41) is 9.77. The Bertz CT molecular complexity index is 437. The zero-order valence-corrected chi connectivity index (χ0v) is 13.8. The third-order valence-corrected chi connectivity index (χ3v) is 3.94. The second kappa shape index (κ2) is 9.67. The molecule has 0 radical (unpaired) electrons. The average Bonchev–Trinajstić information content (AvgIpc) is 2.44. The summed E-state index contributed by atoms with van der Waals surface area (Å²) in [4.78, 5) is 13.0. The molecule has 0 saturated carbocycles. The van der Waals surface area contributed by atoms with Crippen LogP contribution in [0, 0.1) is 0 Å². The molecule has 0 amide bonds. The van der Waals surface area contributed by atoms with E-state index in [1.165, 1.54) is 25.7 Å². The van der Waals surface area contributed by atoms with E-state index >= 15 is 0 Å². The fraction of sp³-hybridized carbons (Fsp3) is 0.588. The van der Waals surface area contributed by atoms with Gasteiger partial charge in [-0.3, -0.25) is 4.79 Å². The van der Waals surface area contributed by atoms with Crippen molar-refractivity contribution >= 4 is 23.3 Å². The van der Waals surface area contributed by atoms with Gasteiger partial charge >= 0.3 is 5.97 Å². The van der Waals surface area contributed by atoms with Crippen molar-refractivity contribution in [2.24, 2.45) is 0 Å². The summed E-state index contributed by atoms with van der Waals surface area (Å²) >= 11 is 6.02. The van der Waals surface area contributed by atoms with Gasteiger partial charge in [-0.2, -0.15) is 0 Å². The summed E-state index contributed by atoms with van der Waals surface area (Å²) in [6.45, 7) is 4.30. The smallest absolute Gasteiger partial charge is 0.323 e. The minimum absolute atomic E-state index is 0.0104. The summed E-state index contributed by atoms with van der Waals surface area (Å²) in [6, 6.07) is 7.61. The van der Waals surface area contributed by atoms with Crippen LogP contribution in [0.15, 0.2) is 24.3 Å². The molecule has 1 N–H and O–H groups in total. The molecule has 21 heavy (non-hydrogen) atoms.